The molecule has 0 bridgehead atoms. The van der Waals surface area contributed by atoms with Crippen molar-refractivity contribution in [2.45, 2.75) is 52.4 Å². The summed E-state index contributed by atoms with van der Waals surface area (Å²) in [5.41, 5.74) is -4.51. The molecule has 17 heavy (non-hydrogen) atoms. The molecule has 1 fully saturated rings. The van der Waals surface area contributed by atoms with Gasteiger partial charge in [0.25, 0.3) is 0 Å². The molecule has 0 saturated heterocycles. The number of hydrogen-bond donors (Lipinski definition) is 0. The number of rotatable bonds is 0. The lowest BCUT2D eigenvalue weighted by atomic mass is 9.55. The van der Waals surface area contributed by atoms with Gasteiger partial charge in [-0.3, -0.25) is 0 Å². The van der Waals surface area contributed by atoms with Crippen LogP contribution in [0.4, 0.5) is 26.3 Å². The molecule has 0 heterocycles. The van der Waals surface area contributed by atoms with E-state index < -0.39 is 29.1 Å². The molecule has 0 aromatic rings. The van der Waals surface area contributed by atoms with Crippen molar-refractivity contribution in [3.05, 3.63) is 0 Å². The van der Waals surface area contributed by atoms with E-state index in [0.717, 1.165) is 20.8 Å². The van der Waals surface area contributed by atoms with Gasteiger partial charge in [-0.05, 0) is 18.8 Å². The second kappa shape index (κ2) is 3.79. The summed E-state index contributed by atoms with van der Waals surface area (Å²) in [6.45, 7) is 2.88. The molecular formula is C11H16F6. The van der Waals surface area contributed by atoms with E-state index in [0.29, 0.717) is 0 Å². The Bertz CT molecular complexity index is 263. The van der Waals surface area contributed by atoms with E-state index in [1.165, 1.54) is 0 Å². The van der Waals surface area contributed by atoms with Gasteiger partial charge < -0.3 is 0 Å². The minimum absolute atomic E-state index is 0.0453. The zero-order chi connectivity index (χ0) is 13.7. The maximum atomic E-state index is 12.9. The van der Waals surface area contributed by atoms with Crippen LogP contribution < -0.4 is 0 Å². The van der Waals surface area contributed by atoms with Crippen molar-refractivity contribution in [3.8, 4) is 0 Å². The average molecular weight is 262 g/mol. The summed E-state index contributed by atoms with van der Waals surface area (Å²) in [6, 6.07) is 0. The normalized spacial score (nSPS) is 40.4. The van der Waals surface area contributed by atoms with Crippen LogP contribution in [0.2, 0.25) is 0 Å². The molecule has 1 aliphatic rings. The highest BCUT2D eigenvalue weighted by molar-refractivity contribution is 5.01. The van der Waals surface area contributed by atoms with Crippen LogP contribution in [0.25, 0.3) is 0 Å². The van der Waals surface area contributed by atoms with Crippen molar-refractivity contribution in [1.82, 2.24) is 0 Å². The molecule has 0 aliphatic heterocycles. The Morgan fingerprint density at radius 2 is 1.12 bits per heavy atom. The van der Waals surface area contributed by atoms with E-state index in [9.17, 15) is 26.3 Å². The zero-order valence-corrected chi connectivity index (χ0v) is 9.97. The highest BCUT2D eigenvalue weighted by Gasteiger charge is 2.66. The van der Waals surface area contributed by atoms with Gasteiger partial charge in [0, 0.05) is 0 Å². The van der Waals surface area contributed by atoms with E-state index >= 15 is 0 Å². The summed E-state index contributed by atoms with van der Waals surface area (Å²) in [6.07, 6.45) is -9.71. The molecule has 0 nitrogen and oxygen atoms in total. The quantitative estimate of drug-likeness (QED) is 0.542. The minimum atomic E-state index is -4.60. The van der Waals surface area contributed by atoms with Crippen LogP contribution in [0.3, 0.4) is 0 Å². The fourth-order valence-corrected chi connectivity index (χ4v) is 2.73. The molecule has 0 amide bonds. The predicted octanol–water partition coefficient (Wildman–Crippen LogP) is 4.94. The van der Waals surface area contributed by atoms with Gasteiger partial charge in [-0.25, -0.2) is 0 Å². The zero-order valence-electron chi connectivity index (χ0n) is 9.97. The van der Waals surface area contributed by atoms with Crippen LogP contribution in [-0.2, 0) is 0 Å². The molecule has 0 radical (unpaired) electrons. The fraction of sp³-hybridized carbons (Fsp3) is 1.00. The van der Waals surface area contributed by atoms with Crippen molar-refractivity contribution in [3.63, 3.8) is 0 Å². The summed E-state index contributed by atoms with van der Waals surface area (Å²) < 4.78 is 77.6. The highest BCUT2D eigenvalue weighted by atomic mass is 19.4. The summed E-state index contributed by atoms with van der Waals surface area (Å²) in [4.78, 5) is 0. The Morgan fingerprint density at radius 1 is 0.824 bits per heavy atom. The van der Waals surface area contributed by atoms with Gasteiger partial charge in [-0.15, -0.1) is 0 Å². The van der Waals surface area contributed by atoms with Gasteiger partial charge in [0.15, 0.2) is 0 Å². The number of alkyl halides is 6. The topological polar surface area (TPSA) is 0 Å². The van der Waals surface area contributed by atoms with Gasteiger partial charge in [-0.2, -0.15) is 26.3 Å². The Labute approximate surface area is 96.4 Å². The smallest absolute Gasteiger partial charge is 0.171 e. The van der Waals surface area contributed by atoms with E-state index in [2.05, 4.69) is 0 Å². The molecule has 2 atom stereocenters. The van der Waals surface area contributed by atoms with E-state index in [1.54, 1.807) is 0 Å². The molecule has 0 spiro atoms. The summed E-state index contributed by atoms with van der Waals surface area (Å²) in [5, 5.41) is 0. The SMILES string of the molecule is CC1C(C)(C(F)(F)F)CCCC1(C)C(F)(F)F. The largest absolute Gasteiger partial charge is 0.394 e. The molecule has 1 aliphatic carbocycles. The molecule has 102 valence electrons. The standard InChI is InChI=1S/C11H16F6/c1-7-8(2,10(12,13)14)5-4-6-9(7,3)11(15,16)17/h7H,4-6H2,1-3H3. The Balaban J connectivity index is 3.18. The molecule has 0 N–H and O–H groups in total. The second-order valence-corrected chi connectivity index (χ2v) is 5.41. The van der Waals surface area contributed by atoms with Crippen molar-refractivity contribution in [2.24, 2.45) is 16.7 Å². The van der Waals surface area contributed by atoms with Crippen molar-refractivity contribution >= 4 is 0 Å². The molecule has 1 saturated carbocycles. The lowest BCUT2D eigenvalue weighted by Crippen LogP contribution is -2.55. The number of hydrogen-bond acceptors (Lipinski definition) is 0. The van der Waals surface area contributed by atoms with Crippen LogP contribution in [-0.4, -0.2) is 12.4 Å². The van der Waals surface area contributed by atoms with E-state index in [1.807, 2.05) is 0 Å². The van der Waals surface area contributed by atoms with Crippen LogP contribution in [0.1, 0.15) is 40.0 Å². The first-order valence-corrected chi connectivity index (χ1v) is 5.50. The molecule has 2 unspecified atom stereocenters. The van der Waals surface area contributed by atoms with Gasteiger partial charge in [0.2, 0.25) is 0 Å². The minimum Gasteiger partial charge on any atom is -0.171 e. The molecule has 0 aromatic carbocycles. The molecule has 0 aromatic heterocycles. The first kappa shape index (κ1) is 14.6. The third-order valence-electron chi connectivity index (χ3n) is 4.60. The van der Waals surface area contributed by atoms with Crippen LogP contribution >= 0.6 is 0 Å². The van der Waals surface area contributed by atoms with Gasteiger partial charge in [0.1, 0.15) is 0 Å². The van der Waals surface area contributed by atoms with E-state index in [4.69, 9.17) is 0 Å². The highest BCUT2D eigenvalue weighted by Crippen LogP contribution is 2.62. The lowest BCUT2D eigenvalue weighted by Gasteiger charge is -2.51. The average Bonchev–Trinajstić information content (AvgIpc) is 2.10. The Morgan fingerprint density at radius 3 is 1.35 bits per heavy atom. The van der Waals surface area contributed by atoms with Crippen LogP contribution in [0.15, 0.2) is 0 Å². The van der Waals surface area contributed by atoms with Crippen LogP contribution in [0, 0.1) is 16.7 Å². The third kappa shape index (κ3) is 2.03. The fourth-order valence-electron chi connectivity index (χ4n) is 2.73. The van der Waals surface area contributed by atoms with Crippen molar-refractivity contribution < 1.29 is 26.3 Å². The molecule has 1 rings (SSSR count). The van der Waals surface area contributed by atoms with Crippen LogP contribution in [0.5, 0.6) is 0 Å². The summed E-state index contributed by atoms with van der Waals surface area (Å²) >= 11 is 0. The maximum Gasteiger partial charge on any atom is 0.394 e. The summed E-state index contributed by atoms with van der Waals surface area (Å²) in [7, 11) is 0. The van der Waals surface area contributed by atoms with Crippen molar-refractivity contribution in [1.29, 1.82) is 0 Å². The van der Waals surface area contributed by atoms with E-state index in [-0.39, 0.29) is 19.3 Å². The first-order valence-electron chi connectivity index (χ1n) is 5.50. The van der Waals surface area contributed by atoms with Gasteiger partial charge in [-0.1, -0.05) is 27.2 Å². The third-order valence-corrected chi connectivity index (χ3v) is 4.60. The first-order chi connectivity index (χ1) is 7.36. The van der Waals surface area contributed by atoms with Gasteiger partial charge >= 0.3 is 12.4 Å². The predicted molar refractivity (Wildman–Crippen MR) is 51.3 cm³/mol. The maximum absolute atomic E-state index is 12.9. The Kier molecular flexibility index (Phi) is 3.26. The Hall–Kier alpha value is -0.420. The van der Waals surface area contributed by atoms with Gasteiger partial charge in [0.05, 0.1) is 10.8 Å². The lowest BCUT2D eigenvalue weighted by molar-refractivity contribution is -0.309. The molecule has 6 heteroatoms. The second-order valence-electron chi connectivity index (χ2n) is 5.41. The molecular weight excluding hydrogens is 246 g/mol. The van der Waals surface area contributed by atoms with Crippen molar-refractivity contribution in [2.75, 3.05) is 0 Å². The number of halogens is 6. The monoisotopic (exact) mass is 262 g/mol. The summed E-state index contributed by atoms with van der Waals surface area (Å²) in [5.74, 6) is -1.47.